The Morgan fingerprint density at radius 2 is 1.92 bits per heavy atom. The van der Waals surface area contributed by atoms with E-state index in [1.165, 1.54) is 23.1 Å². The third kappa shape index (κ3) is 4.24. The molecule has 9 nitrogen and oxygen atoms in total. The van der Waals surface area contributed by atoms with Crippen molar-refractivity contribution in [3.63, 3.8) is 0 Å². The van der Waals surface area contributed by atoms with Crippen molar-refractivity contribution in [2.45, 2.75) is 18.7 Å². The number of hydrogen-bond donors (Lipinski definition) is 0. The van der Waals surface area contributed by atoms with Crippen LogP contribution in [0.1, 0.15) is 29.9 Å². The quantitative estimate of drug-likeness (QED) is 0.377. The summed E-state index contributed by atoms with van der Waals surface area (Å²) in [4.78, 5) is 26.6. The standard InChI is InChI=1S/C22H16ClF4N7O2/c1-33-20(35)18-17(31-21(33)22(25,26)27)16(12-4-3-11(23)8-13(12)24)29-19(30-18)10-5-6-36-15(7-10)14-9-28-34(2)32-14/h3-4,7-9,15H,5-6H2,1-2H3. The molecule has 36 heavy (non-hydrogen) atoms. The van der Waals surface area contributed by atoms with Crippen molar-refractivity contribution in [1.82, 2.24) is 34.5 Å². The molecule has 0 spiro atoms. The normalized spacial score (nSPS) is 16.4. The lowest BCUT2D eigenvalue weighted by atomic mass is 10.0. The zero-order valence-electron chi connectivity index (χ0n) is 18.7. The van der Waals surface area contributed by atoms with E-state index in [1.54, 1.807) is 13.1 Å². The molecule has 0 N–H and O–H groups in total. The molecule has 0 amide bonds. The molecule has 5 rings (SSSR count). The first-order valence-corrected chi connectivity index (χ1v) is 10.9. The van der Waals surface area contributed by atoms with Gasteiger partial charge < -0.3 is 4.74 Å². The van der Waals surface area contributed by atoms with Crippen molar-refractivity contribution in [3.05, 3.63) is 69.0 Å². The molecule has 4 heterocycles. The second-order valence-electron chi connectivity index (χ2n) is 8.01. The summed E-state index contributed by atoms with van der Waals surface area (Å²) in [5.41, 5.74) is -1.30. The van der Waals surface area contributed by atoms with Crippen molar-refractivity contribution >= 4 is 28.2 Å². The molecule has 14 heteroatoms. The highest BCUT2D eigenvalue weighted by Crippen LogP contribution is 2.34. The van der Waals surface area contributed by atoms with Gasteiger partial charge in [0.1, 0.15) is 28.8 Å². The maximum absolute atomic E-state index is 14.9. The first-order valence-electron chi connectivity index (χ1n) is 10.5. The van der Waals surface area contributed by atoms with Gasteiger partial charge >= 0.3 is 6.18 Å². The second kappa shape index (κ2) is 8.75. The van der Waals surface area contributed by atoms with E-state index < -0.39 is 35.0 Å². The molecule has 0 radical (unpaired) electrons. The van der Waals surface area contributed by atoms with Crippen molar-refractivity contribution < 1.29 is 22.3 Å². The molecule has 0 bridgehead atoms. The monoisotopic (exact) mass is 521 g/mol. The minimum Gasteiger partial charge on any atom is -0.367 e. The van der Waals surface area contributed by atoms with E-state index in [0.29, 0.717) is 22.3 Å². The van der Waals surface area contributed by atoms with Gasteiger partial charge in [0.25, 0.3) is 5.56 Å². The van der Waals surface area contributed by atoms with Gasteiger partial charge in [-0.05, 0) is 36.3 Å². The van der Waals surface area contributed by atoms with Gasteiger partial charge in [-0.1, -0.05) is 11.6 Å². The van der Waals surface area contributed by atoms with Gasteiger partial charge in [0.2, 0.25) is 5.82 Å². The molecular formula is C22H16ClF4N7O2. The van der Waals surface area contributed by atoms with Crippen molar-refractivity contribution in [3.8, 4) is 11.3 Å². The third-order valence-corrected chi connectivity index (χ3v) is 5.82. The molecular weight excluding hydrogens is 506 g/mol. The van der Waals surface area contributed by atoms with Crippen LogP contribution in [0.4, 0.5) is 17.6 Å². The molecule has 1 aromatic carbocycles. The van der Waals surface area contributed by atoms with E-state index in [0.717, 1.165) is 13.1 Å². The van der Waals surface area contributed by atoms with E-state index in [2.05, 4.69) is 25.1 Å². The Balaban J connectivity index is 1.78. The SMILES string of the molecule is Cn1ncc(C2C=C(c3nc(-c4ccc(Cl)cc4F)c4nc(C(F)(F)F)n(C)c(=O)c4n3)CCO2)n1. The van der Waals surface area contributed by atoms with E-state index in [9.17, 15) is 22.4 Å². The van der Waals surface area contributed by atoms with Crippen LogP contribution in [0, 0.1) is 5.82 Å². The van der Waals surface area contributed by atoms with E-state index in [4.69, 9.17) is 16.3 Å². The highest BCUT2D eigenvalue weighted by Gasteiger charge is 2.37. The number of rotatable bonds is 3. The molecule has 0 fully saturated rings. The average Bonchev–Trinajstić information content (AvgIpc) is 3.26. The topological polar surface area (TPSA) is 101 Å². The van der Waals surface area contributed by atoms with Crippen molar-refractivity contribution in [2.24, 2.45) is 14.1 Å². The van der Waals surface area contributed by atoms with E-state index in [-0.39, 0.29) is 34.2 Å². The molecule has 3 aromatic heterocycles. The number of nitrogens with zero attached hydrogens (tertiary/aromatic N) is 7. The summed E-state index contributed by atoms with van der Waals surface area (Å²) in [6.45, 7) is 0.252. The lowest BCUT2D eigenvalue weighted by Crippen LogP contribution is -2.29. The zero-order valence-corrected chi connectivity index (χ0v) is 19.5. The van der Waals surface area contributed by atoms with Gasteiger partial charge in [0.05, 0.1) is 12.8 Å². The number of aromatic nitrogens is 7. The minimum absolute atomic E-state index is 0.0303. The number of hydrogen-bond acceptors (Lipinski definition) is 7. The van der Waals surface area contributed by atoms with Crippen LogP contribution < -0.4 is 5.56 Å². The number of aryl methyl sites for hydroxylation is 1. The summed E-state index contributed by atoms with van der Waals surface area (Å²) in [6, 6.07) is 3.61. The molecule has 0 saturated heterocycles. The number of benzene rings is 1. The molecule has 0 aliphatic carbocycles. The van der Waals surface area contributed by atoms with Crippen LogP contribution in [-0.2, 0) is 25.0 Å². The molecule has 1 aliphatic heterocycles. The Morgan fingerprint density at radius 3 is 2.58 bits per heavy atom. The van der Waals surface area contributed by atoms with Gasteiger partial charge in [0.15, 0.2) is 11.3 Å². The minimum atomic E-state index is -4.94. The van der Waals surface area contributed by atoms with Crippen LogP contribution in [0.5, 0.6) is 0 Å². The highest BCUT2D eigenvalue weighted by molar-refractivity contribution is 6.30. The van der Waals surface area contributed by atoms with Gasteiger partial charge in [-0.15, -0.1) is 0 Å². The predicted octanol–water partition coefficient (Wildman–Crippen LogP) is 3.88. The lowest BCUT2D eigenvalue weighted by molar-refractivity contribution is -0.147. The maximum atomic E-state index is 14.9. The average molecular weight is 522 g/mol. The molecule has 1 aliphatic rings. The Bertz CT molecular complexity index is 1600. The smallest absolute Gasteiger partial charge is 0.367 e. The summed E-state index contributed by atoms with van der Waals surface area (Å²) in [5.74, 6) is -2.27. The van der Waals surface area contributed by atoms with Crippen LogP contribution in [-0.4, -0.2) is 41.1 Å². The first kappa shape index (κ1) is 24.0. The number of alkyl halides is 3. The molecule has 186 valence electrons. The van der Waals surface area contributed by atoms with Crippen LogP contribution in [0.3, 0.4) is 0 Å². The maximum Gasteiger partial charge on any atom is 0.449 e. The van der Waals surface area contributed by atoms with Crippen molar-refractivity contribution in [2.75, 3.05) is 6.61 Å². The van der Waals surface area contributed by atoms with Gasteiger partial charge in [-0.25, -0.2) is 19.3 Å². The summed E-state index contributed by atoms with van der Waals surface area (Å²) in [7, 11) is 2.59. The van der Waals surface area contributed by atoms with E-state index >= 15 is 0 Å². The largest absolute Gasteiger partial charge is 0.449 e. The number of halogens is 5. The second-order valence-corrected chi connectivity index (χ2v) is 8.44. The summed E-state index contributed by atoms with van der Waals surface area (Å²) < 4.78 is 61.8. The van der Waals surface area contributed by atoms with E-state index in [1.807, 2.05) is 0 Å². The van der Waals surface area contributed by atoms with Gasteiger partial charge in [0, 0.05) is 24.7 Å². The summed E-state index contributed by atoms with van der Waals surface area (Å²) >= 11 is 5.86. The fourth-order valence-corrected chi connectivity index (χ4v) is 4.03. The molecule has 4 aromatic rings. The zero-order chi connectivity index (χ0) is 25.8. The summed E-state index contributed by atoms with van der Waals surface area (Å²) in [5, 5.41) is 8.32. The fraction of sp³-hybridized carbons (Fsp3) is 0.273. The Hall–Kier alpha value is -3.71. The van der Waals surface area contributed by atoms with Gasteiger partial charge in [-0.2, -0.15) is 28.2 Å². The van der Waals surface area contributed by atoms with Crippen LogP contribution in [0.2, 0.25) is 5.02 Å². The number of fused-ring (bicyclic) bond motifs is 1. The van der Waals surface area contributed by atoms with Crippen LogP contribution in [0.15, 0.2) is 35.3 Å². The first-order chi connectivity index (χ1) is 17.0. The highest BCUT2D eigenvalue weighted by atomic mass is 35.5. The predicted molar refractivity (Wildman–Crippen MR) is 120 cm³/mol. The molecule has 0 saturated carbocycles. The fourth-order valence-electron chi connectivity index (χ4n) is 3.87. The molecule has 1 atom stereocenters. The summed E-state index contributed by atoms with van der Waals surface area (Å²) in [6.07, 6.45) is -1.99. The van der Waals surface area contributed by atoms with Gasteiger partial charge in [-0.3, -0.25) is 9.36 Å². The lowest BCUT2D eigenvalue weighted by Gasteiger charge is -2.20. The Morgan fingerprint density at radius 1 is 1.14 bits per heavy atom. The van der Waals surface area contributed by atoms with Crippen LogP contribution >= 0.6 is 11.6 Å². The third-order valence-electron chi connectivity index (χ3n) is 5.58. The Kier molecular flexibility index (Phi) is 5.83. The van der Waals surface area contributed by atoms with Crippen LogP contribution in [0.25, 0.3) is 27.9 Å². The van der Waals surface area contributed by atoms with Crippen molar-refractivity contribution in [1.29, 1.82) is 0 Å². The number of ether oxygens (including phenoxy) is 1. The Labute approximate surface area is 205 Å². The molecule has 1 unspecified atom stereocenters.